The molecule has 100 valence electrons. The largest absolute Gasteiger partial charge is 0.433 e. The summed E-state index contributed by atoms with van der Waals surface area (Å²) >= 11 is 5.83. The van der Waals surface area contributed by atoms with Crippen LogP contribution in [0.5, 0.6) is 0 Å². The van der Waals surface area contributed by atoms with Gasteiger partial charge in [-0.1, -0.05) is 12.5 Å². The zero-order chi connectivity index (χ0) is 13.2. The van der Waals surface area contributed by atoms with E-state index < -0.39 is 11.9 Å². The van der Waals surface area contributed by atoms with Gasteiger partial charge in [0.1, 0.15) is 11.5 Å². The maximum atomic E-state index is 12.5. The molecule has 1 aromatic rings. The minimum absolute atomic E-state index is 0.124. The van der Waals surface area contributed by atoms with Crippen LogP contribution in [0, 0.1) is 5.92 Å². The van der Waals surface area contributed by atoms with E-state index >= 15 is 0 Å². The predicted octanol–water partition coefficient (Wildman–Crippen LogP) is 3.92. The monoisotopic (exact) mass is 278 g/mol. The van der Waals surface area contributed by atoms with E-state index in [1.54, 1.807) is 6.07 Å². The van der Waals surface area contributed by atoms with Gasteiger partial charge in [0, 0.05) is 11.9 Å². The number of nitrogens with one attached hydrogen (secondary N) is 1. The molecule has 1 aliphatic carbocycles. The Morgan fingerprint density at radius 1 is 1.33 bits per heavy atom. The average Bonchev–Trinajstić information content (AvgIpc) is 2.75. The summed E-state index contributed by atoms with van der Waals surface area (Å²) in [5.41, 5.74) is -0.868. The third kappa shape index (κ3) is 3.07. The van der Waals surface area contributed by atoms with E-state index in [9.17, 15) is 13.2 Å². The first-order valence-electron chi connectivity index (χ1n) is 5.87. The number of aromatic nitrogens is 1. The van der Waals surface area contributed by atoms with Crippen LogP contribution in [-0.2, 0) is 6.18 Å². The van der Waals surface area contributed by atoms with Crippen LogP contribution in [0.25, 0.3) is 0 Å². The molecule has 0 aliphatic heterocycles. The summed E-state index contributed by atoms with van der Waals surface area (Å²) in [5, 5.41) is 3.06. The average molecular weight is 279 g/mol. The lowest BCUT2D eigenvalue weighted by Gasteiger charge is -2.20. The summed E-state index contributed by atoms with van der Waals surface area (Å²) in [6.45, 7) is 0. The van der Waals surface area contributed by atoms with E-state index in [4.69, 9.17) is 11.6 Å². The second-order valence-electron chi connectivity index (χ2n) is 4.50. The first kappa shape index (κ1) is 13.5. The van der Waals surface area contributed by atoms with Gasteiger partial charge in [0.15, 0.2) is 0 Å². The molecule has 0 aromatic carbocycles. The van der Waals surface area contributed by atoms with Gasteiger partial charge in [-0.2, -0.15) is 13.2 Å². The van der Waals surface area contributed by atoms with Crippen LogP contribution in [0.4, 0.5) is 19.0 Å². The van der Waals surface area contributed by atoms with Crippen molar-refractivity contribution < 1.29 is 13.2 Å². The smallest absolute Gasteiger partial charge is 0.367 e. The van der Waals surface area contributed by atoms with Crippen molar-refractivity contribution in [2.45, 2.75) is 31.5 Å². The van der Waals surface area contributed by atoms with Crippen molar-refractivity contribution in [3.8, 4) is 0 Å². The summed E-state index contributed by atoms with van der Waals surface area (Å²) in [6, 6.07) is 4.01. The number of rotatable bonds is 3. The van der Waals surface area contributed by atoms with Crippen molar-refractivity contribution in [3.63, 3.8) is 0 Å². The fourth-order valence-electron chi connectivity index (χ4n) is 2.27. The van der Waals surface area contributed by atoms with Crippen LogP contribution in [0.3, 0.4) is 0 Å². The third-order valence-electron chi connectivity index (χ3n) is 3.23. The van der Waals surface area contributed by atoms with Crippen LogP contribution >= 0.6 is 11.6 Å². The van der Waals surface area contributed by atoms with Gasteiger partial charge in [-0.25, -0.2) is 4.98 Å². The number of alkyl halides is 4. The van der Waals surface area contributed by atoms with Gasteiger partial charge >= 0.3 is 6.18 Å². The molecule has 1 heterocycles. The SMILES string of the molecule is FC(F)(F)c1cccc(NC2CCCC2CCl)n1. The fraction of sp³-hybridized carbons (Fsp3) is 0.583. The molecule has 1 aliphatic rings. The normalized spacial score (nSPS) is 24.2. The second-order valence-corrected chi connectivity index (χ2v) is 4.81. The summed E-state index contributed by atoms with van der Waals surface area (Å²) < 4.78 is 37.5. The van der Waals surface area contributed by atoms with E-state index in [1.165, 1.54) is 6.07 Å². The number of hydrogen-bond donors (Lipinski definition) is 1. The zero-order valence-corrected chi connectivity index (χ0v) is 10.4. The Labute approximate surface area is 109 Å². The molecular formula is C12H14ClF3N2. The predicted molar refractivity (Wildman–Crippen MR) is 64.7 cm³/mol. The van der Waals surface area contributed by atoms with Gasteiger partial charge < -0.3 is 5.32 Å². The number of anilines is 1. The molecule has 2 rings (SSSR count). The first-order valence-corrected chi connectivity index (χ1v) is 6.41. The Kier molecular flexibility index (Phi) is 4.00. The molecule has 1 saturated carbocycles. The molecule has 0 saturated heterocycles. The number of pyridine rings is 1. The molecule has 2 nitrogen and oxygen atoms in total. The lowest BCUT2D eigenvalue weighted by atomic mass is 10.1. The van der Waals surface area contributed by atoms with Crippen molar-refractivity contribution >= 4 is 17.4 Å². The molecular weight excluding hydrogens is 265 g/mol. The zero-order valence-electron chi connectivity index (χ0n) is 9.67. The highest BCUT2D eigenvalue weighted by atomic mass is 35.5. The highest BCUT2D eigenvalue weighted by molar-refractivity contribution is 6.18. The van der Waals surface area contributed by atoms with E-state index in [1.807, 2.05) is 0 Å². The van der Waals surface area contributed by atoms with Crippen molar-refractivity contribution in [3.05, 3.63) is 23.9 Å². The van der Waals surface area contributed by atoms with E-state index in [0.717, 1.165) is 25.3 Å². The third-order valence-corrected chi connectivity index (χ3v) is 3.63. The van der Waals surface area contributed by atoms with Gasteiger partial charge in [0.25, 0.3) is 0 Å². The van der Waals surface area contributed by atoms with Gasteiger partial charge in [0.05, 0.1) is 0 Å². The lowest BCUT2D eigenvalue weighted by molar-refractivity contribution is -0.141. The molecule has 0 spiro atoms. The molecule has 1 fully saturated rings. The van der Waals surface area contributed by atoms with E-state index in [0.29, 0.717) is 11.8 Å². The molecule has 0 amide bonds. The molecule has 18 heavy (non-hydrogen) atoms. The fourth-order valence-corrected chi connectivity index (χ4v) is 2.64. The minimum Gasteiger partial charge on any atom is -0.367 e. The molecule has 0 bridgehead atoms. The lowest BCUT2D eigenvalue weighted by Crippen LogP contribution is -2.26. The number of halogens is 4. The van der Waals surface area contributed by atoms with Crippen molar-refractivity contribution in [1.82, 2.24) is 4.98 Å². The molecule has 0 radical (unpaired) electrons. The summed E-state index contributed by atoms with van der Waals surface area (Å²) in [4.78, 5) is 3.60. The van der Waals surface area contributed by atoms with E-state index in [2.05, 4.69) is 10.3 Å². The molecule has 1 N–H and O–H groups in total. The Balaban J connectivity index is 2.10. The molecule has 1 aromatic heterocycles. The van der Waals surface area contributed by atoms with Gasteiger partial charge in [-0.15, -0.1) is 11.6 Å². The van der Waals surface area contributed by atoms with Crippen LogP contribution in [0.2, 0.25) is 0 Å². The van der Waals surface area contributed by atoms with Gasteiger partial charge in [-0.3, -0.25) is 0 Å². The van der Waals surface area contributed by atoms with Crippen LogP contribution in [0.1, 0.15) is 25.0 Å². The van der Waals surface area contributed by atoms with E-state index in [-0.39, 0.29) is 11.9 Å². The molecule has 2 unspecified atom stereocenters. The molecule has 6 heteroatoms. The summed E-state index contributed by atoms with van der Waals surface area (Å²) in [7, 11) is 0. The van der Waals surface area contributed by atoms with Crippen molar-refractivity contribution in [2.24, 2.45) is 5.92 Å². The maximum absolute atomic E-state index is 12.5. The minimum atomic E-state index is -4.40. The standard InChI is InChI=1S/C12H14ClF3N2/c13-7-8-3-1-4-9(8)17-11-6-2-5-10(18-11)12(14,15)16/h2,5-6,8-9H,1,3-4,7H2,(H,17,18). The topological polar surface area (TPSA) is 24.9 Å². The Hall–Kier alpha value is -0.970. The Morgan fingerprint density at radius 3 is 2.78 bits per heavy atom. The van der Waals surface area contributed by atoms with Crippen LogP contribution < -0.4 is 5.32 Å². The van der Waals surface area contributed by atoms with Crippen LogP contribution in [-0.4, -0.2) is 16.9 Å². The van der Waals surface area contributed by atoms with Crippen molar-refractivity contribution in [1.29, 1.82) is 0 Å². The first-order chi connectivity index (χ1) is 8.50. The summed E-state index contributed by atoms with van der Waals surface area (Å²) in [5.74, 6) is 1.10. The molecule has 2 atom stereocenters. The maximum Gasteiger partial charge on any atom is 0.433 e. The highest BCUT2D eigenvalue weighted by Crippen LogP contribution is 2.31. The highest BCUT2D eigenvalue weighted by Gasteiger charge is 2.33. The second kappa shape index (κ2) is 5.34. The van der Waals surface area contributed by atoms with Crippen LogP contribution in [0.15, 0.2) is 18.2 Å². The van der Waals surface area contributed by atoms with Gasteiger partial charge in [0.2, 0.25) is 0 Å². The van der Waals surface area contributed by atoms with Gasteiger partial charge in [-0.05, 0) is 30.9 Å². The quantitative estimate of drug-likeness (QED) is 0.848. The number of nitrogens with zero attached hydrogens (tertiary/aromatic N) is 1. The summed E-state index contributed by atoms with van der Waals surface area (Å²) in [6.07, 6.45) is -1.41. The number of hydrogen-bond acceptors (Lipinski definition) is 2. The Morgan fingerprint density at radius 2 is 2.11 bits per heavy atom. The van der Waals surface area contributed by atoms with Crippen molar-refractivity contribution in [2.75, 3.05) is 11.2 Å². The Bertz CT molecular complexity index is 409.